The predicted octanol–water partition coefficient (Wildman–Crippen LogP) is 1.72. The van der Waals surface area contributed by atoms with Crippen molar-refractivity contribution < 1.29 is 9.90 Å². The average Bonchev–Trinajstić information content (AvgIpc) is 3.00. The molecule has 18 heavy (non-hydrogen) atoms. The fraction of sp³-hybridized carbons (Fsp3) is 0.462. The Kier molecular flexibility index (Phi) is 5.12. The summed E-state index contributed by atoms with van der Waals surface area (Å²) in [7, 11) is 0. The molecule has 1 amide bonds. The summed E-state index contributed by atoms with van der Waals surface area (Å²) in [6, 6.07) is 2.15. The van der Waals surface area contributed by atoms with E-state index in [0.717, 1.165) is 23.5 Å². The number of hydrogen-bond donors (Lipinski definition) is 2. The molecule has 0 aliphatic carbocycles. The number of nitrogens with one attached hydrogen (secondary N) is 1. The molecule has 1 fully saturated rings. The molecule has 2 N–H and O–H groups in total. The van der Waals surface area contributed by atoms with E-state index in [2.05, 4.69) is 17.2 Å². The van der Waals surface area contributed by atoms with E-state index in [1.54, 1.807) is 0 Å². The third-order valence-corrected chi connectivity index (χ3v) is 4.67. The number of amides is 1. The summed E-state index contributed by atoms with van der Waals surface area (Å²) in [5.74, 6) is 7.89. The first-order valence-corrected chi connectivity index (χ1v) is 7.90. The lowest BCUT2D eigenvalue weighted by Crippen LogP contribution is -2.34. The minimum atomic E-state index is -0.0224. The normalized spacial score (nSPS) is 18.2. The van der Waals surface area contributed by atoms with Gasteiger partial charge in [-0.15, -0.1) is 11.3 Å². The summed E-state index contributed by atoms with van der Waals surface area (Å²) in [6.45, 7) is 0.0535. The van der Waals surface area contributed by atoms with Gasteiger partial charge in [0.2, 0.25) is 0 Å². The Morgan fingerprint density at radius 3 is 3.22 bits per heavy atom. The molecule has 0 saturated carbocycles. The van der Waals surface area contributed by atoms with Gasteiger partial charge in [-0.2, -0.15) is 11.8 Å². The Bertz CT molecular complexity index is 467. The van der Waals surface area contributed by atoms with Crippen molar-refractivity contribution in [3.63, 3.8) is 0 Å². The highest BCUT2D eigenvalue weighted by molar-refractivity contribution is 7.99. The van der Waals surface area contributed by atoms with Gasteiger partial charge in [0.05, 0.1) is 6.61 Å². The highest BCUT2D eigenvalue weighted by Crippen LogP contribution is 2.20. The van der Waals surface area contributed by atoms with Crippen LogP contribution < -0.4 is 5.32 Å². The van der Waals surface area contributed by atoms with Gasteiger partial charge in [-0.3, -0.25) is 4.79 Å². The lowest BCUT2D eigenvalue weighted by molar-refractivity contribution is 0.0945. The lowest BCUT2D eigenvalue weighted by Gasteiger charge is -2.10. The topological polar surface area (TPSA) is 49.3 Å². The van der Waals surface area contributed by atoms with E-state index in [1.807, 2.05) is 23.2 Å². The van der Waals surface area contributed by atoms with Crippen LogP contribution in [0.5, 0.6) is 0 Å². The first-order chi connectivity index (χ1) is 8.81. The molecule has 2 rings (SSSR count). The molecule has 3 nitrogen and oxygen atoms in total. The van der Waals surface area contributed by atoms with Crippen LogP contribution in [-0.2, 0) is 0 Å². The first-order valence-electron chi connectivity index (χ1n) is 5.87. The Labute approximate surface area is 115 Å². The molecule has 0 radical (unpaired) electrons. The third kappa shape index (κ3) is 3.52. The summed E-state index contributed by atoms with van der Waals surface area (Å²) in [6.07, 6.45) is 1.49. The van der Waals surface area contributed by atoms with Gasteiger partial charge in [0, 0.05) is 23.8 Å². The number of rotatable bonds is 3. The van der Waals surface area contributed by atoms with E-state index in [9.17, 15) is 4.79 Å². The molecular formula is C13H15NO2S2. The molecule has 1 aliphatic heterocycles. The van der Waals surface area contributed by atoms with Gasteiger partial charge in [-0.1, -0.05) is 11.8 Å². The van der Waals surface area contributed by atoms with E-state index in [1.165, 1.54) is 11.3 Å². The fourth-order valence-corrected chi connectivity index (χ4v) is 3.60. The summed E-state index contributed by atoms with van der Waals surface area (Å²) < 4.78 is 0. The summed E-state index contributed by atoms with van der Waals surface area (Å²) in [5, 5.41) is 13.6. The van der Waals surface area contributed by atoms with E-state index in [4.69, 9.17) is 5.11 Å². The number of thioether (sulfide) groups is 1. The molecule has 1 aromatic rings. The summed E-state index contributed by atoms with van der Waals surface area (Å²) in [5.41, 5.74) is 0.761. The molecule has 5 heteroatoms. The van der Waals surface area contributed by atoms with Crippen molar-refractivity contribution in [1.82, 2.24) is 5.32 Å². The molecule has 1 atom stereocenters. The maximum absolute atomic E-state index is 12.1. The van der Waals surface area contributed by atoms with Crippen LogP contribution in [0, 0.1) is 11.8 Å². The Morgan fingerprint density at radius 2 is 2.50 bits per heavy atom. The Balaban J connectivity index is 2.01. The monoisotopic (exact) mass is 281 g/mol. The van der Waals surface area contributed by atoms with Gasteiger partial charge < -0.3 is 10.4 Å². The zero-order valence-corrected chi connectivity index (χ0v) is 11.6. The fourth-order valence-electron chi connectivity index (χ4n) is 1.70. The van der Waals surface area contributed by atoms with E-state index >= 15 is 0 Å². The highest BCUT2D eigenvalue weighted by atomic mass is 32.2. The zero-order valence-electron chi connectivity index (χ0n) is 9.94. The van der Waals surface area contributed by atoms with Crippen LogP contribution in [0.25, 0.3) is 0 Å². The van der Waals surface area contributed by atoms with Crippen molar-refractivity contribution in [3.05, 3.63) is 21.9 Å². The number of aliphatic hydroxyl groups is 1. The maximum atomic E-state index is 12.1. The van der Waals surface area contributed by atoms with Crippen LogP contribution >= 0.6 is 23.1 Å². The SMILES string of the molecule is O=C(NC1CCSC1)c1sccc1C#CCCO. The van der Waals surface area contributed by atoms with Crippen molar-refractivity contribution in [3.8, 4) is 11.8 Å². The van der Waals surface area contributed by atoms with Crippen molar-refractivity contribution in [2.24, 2.45) is 0 Å². The largest absolute Gasteiger partial charge is 0.395 e. The molecule has 1 unspecified atom stereocenters. The standard InChI is InChI=1S/C13H15NO2S2/c15-6-2-1-3-10-4-8-18-12(10)13(16)14-11-5-7-17-9-11/h4,8,11,15H,2,5-7,9H2,(H,14,16). The van der Waals surface area contributed by atoms with Gasteiger partial charge >= 0.3 is 0 Å². The molecule has 0 aromatic carbocycles. The molecule has 0 spiro atoms. The zero-order chi connectivity index (χ0) is 12.8. The van der Waals surface area contributed by atoms with Crippen LogP contribution in [0.4, 0.5) is 0 Å². The van der Waals surface area contributed by atoms with E-state index in [0.29, 0.717) is 17.3 Å². The predicted molar refractivity (Wildman–Crippen MR) is 76.1 cm³/mol. The van der Waals surface area contributed by atoms with Crippen molar-refractivity contribution in [2.45, 2.75) is 18.9 Å². The van der Waals surface area contributed by atoms with Gasteiger partial charge in [0.1, 0.15) is 4.88 Å². The lowest BCUT2D eigenvalue weighted by atomic mass is 10.2. The molecule has 1 aromatic heterocycles. The van der Waals surface area contributed by atoms with Crippen molar-refractivity contribution >= 4 is 29.0 Å². The number of carbonyl (C=O) groups excluding carboxylic acids is 1. The minimum absolute atomic E-state index is 0.0224. The van der Waals surface area contributed by atoms with E-state index in [-0.39, 0.29) is 12.5 Å². The Morgan fingerprint density at radius 1 is 1.61 bits per heavy atom. The van der Waals surface area contributed by atoms with Crippen LogP contribution in [-0.4, -0.2) is 35.2 Å². The van der Waals surface area contributed by atoms with Crippen LogP contribution in [0.3, 0.4) is 0 Å². The van der Waals surface area contributed by atoms with Gasteiger partial charge in [-0.05, 0) is 23.6 Å². The van der Waals surface area contributed by atoms with E-state index < -0.39 is 0 Å². The molecular weight excluding hydrogens is 266 g/mol. The average molecular weight is 281 g/mol. The number of hydrogen-bond acceptors (Lipinski definition) is 4. The van der Waals surface area contributed by atoms with Gasteiger partial charge in [-0.25, -0.2) is 0 Å². The Hall–Kier alpha value is -0.960. The van der Waals surface area contributed by atoms with Crippen molar-refractivity contribution in [1.29, 1.82) is 0 Å². The van der Waals surface area contributed by atoms with Crippen LogP contribution in [0.15, 0.2) is 11.4 Å². The van der Waals surface area contributed by atoms with Gasteiger partial charge in [0.15, 0.2) is 0 Å². The number of carbonyl (C=O) groups is 1. The highest BCUT2D eigenvalue weighted by Gasteiger charge is 2.20. The van der Waals surface area contributed by atoms with Crippen molar-refractivity contribution in [2.75, 3.05) is 18.1 Å². The molecule has 1 aliphatic rings. The van der Waals surface area contributed by atoms with Crippen LogP contribution in [0.2, 0.25) is 0 Å². The van der Waals surface area contributed by atoms with Gasteiger partial charge in [0.25, 0.3) is 5.91 Å². The number of aliphatic hydroxyl groups excluding tert-OH is 1. The third-order valence-electron chi connectivity index (χ3n) is 2.60. The summed E-state index contributed by atoms with van der Waals surface area (Å²) >= 11 is 3.29. The second-order valence-corrected chi connectivity index (χ2v) is 6.04. The smallest absolute Gasteiger partial charge is 0.262 e. The number of thiophene rings is 1. The first kappa shape index (κ1) is 13.5. The summed E-state index contributed by atoms with van der Waals surface area (Å²) in [4.78, 5) is 12.8. The molecule has 1 saturated heterocycles. The molecule has 96 valence electrons. The van der Waals surface area contributed by atoms with Crippen LogP contribution in [0.1, 0.15) is 28.1 Å². The molecule has 2 heterocycles. The second kappa shape index (κ2) is 6.83. The minimum Gasteiger partial charge on any atom is -0.395 e. The second-order valence-electron chi connectivity index (χ2n) is 3.97. The molecule has 0 bridgehead atoms. The maximum Gasteiger partial charge on any atom is 0.262 e. The quantitative estimate of drug-likeness (QED) is 0.829.